The molecule has 1 amide bonds. The number of aromatic nitrogens is 2. The lowest BCUT2D eigenvalue weighted by atomic mass is 10.2. The minimum absolute atomic E-state index is 0.102. The van der Waals surface area contributed by atoms with Crippen molar-refractivity contribution in [2.24, 2.45) is 0 Å². The maximum atomic E-state index is 12.5. The SMILES string of the molecule is CCN(Cc1ccccc1)C(=O)c1ccc(NC(C)C)nn1. The molecule has 0 saturated carbocycles. The van der Waals surface area contributed by atoms with Crippen LogP contribution in [0.25, 0.3) is 0 Å². The Morgan fingerprint density at radius 2 is 1.86 bits per heavy atom. The first-order valence-corrected chi connectivity index (χ1v) is 7.53. The smallest absolute Gasteiger partial charge is 0.274 e. The minimum Gasteiger partial charge on any atom is -0.366 e. The van der Waals surface area contributed by atoms with Crippen LogP contribution in [0, 0.1) is 0 Å². The molecule has 22 heavy (non-hydrogen) atoms. The molecule has 0 aliphatic heterocycles. The molecule has 0 radical (unpaired) electrons. The summed E-state index contributed by atoms with van der Waals surface area (Å²) in [7, 11) is 0. The molecule has 0 atom stereocenters. The molecular weight excluding hydrogens is 276 g/mol. The Morgan fingerprint density at radius 3 is 2.41 bits per heavy atom. The highest BCUT2D eigenvalue weighted by molar-refractivity contribution is 5.92. The van der Waals surface area contributed by atoms with Gasteiger partial charge in [-0.15, -0.1) is 10.2 Å². The Kier molecular flexibility index (Phi) is 5.47. The van der Waals surface area contributed by atoms with Crippen molar-refractivity contribution in [1.82, 2.24) is 15.1 Å². The predicted octanol–water partition coefficient (Wildman–Crippen LogP) is 2.96. The van der Waals surface area contributed by atoms with E-state index in [0.29, 0.717) is 24.6 Å². The average molecular weight is 298 g/mol. The Bertz CT molecular complexity index is 596. The summed E-state index contributed by atoms with van der Waals surface area (Å²) in [4.78, 5) is 14.3. The van der Waals surface area contributed by atoms with Gasteiger partial charge in [-0.3, -0.25) is 4.79 Å². The van der Waals surface area contributed by atoms with E-state index in [1.54, 1.807) is 17.0 Å². The number of amides is 1. The number of hydrogen-bond donors (Lipinski definition) is 1. The molecule has 2 rings (SSSR count). The molecule has 0 aliphatic rings. The molecule has 1 aromatic carbocycles. The third kappa shape index (κ3) is 4.28. The van der Waals surface area contributed by atoms with E-state index in [9.17, 15) is 4.79 Å². The fourth-order valence-electron chi connectivity index (χ4n) is 2.11. The molecule has 1 N–H and O–H groups in total. The van der Waals surface area contributed by atoms with Crippen LogP contribution in [0.15, 0.2) is 42.5 Å². The maximum Gasteiger partial charge on any atom is 0.274 e. The second-order valence-corrected chi connectivity index (χ2v) is 5.41. The van der Waals surface area contributed by atoms with Crippen molar-refractivity contribution in [2.45, 2.75) is 33.4 Å². The third-order valence-electron chi connectivity index (χ3n) is 3.21. The van der Waals surface area contributed by atoms with Gasteiger partial charge in [0.2, 0.25) is 0 Å². The molecular formula is C17H22N4O. The van der Waals surface area contributed by atoms with Gasteiger partial charge >= 0.3 is 0 Å². The number of hydrogen-bond acceptors (Lipinski definition) is 4. The normalized spacial score (nSPS) is 10.5. The summed E-state index contributed by atoms with van der Waals surface area (Å²) in [5.74, 6) is 0.576. The summed E-state index contributed by atoms with van der Waals surface area (Å²) in [5.41, 5.74) is 1.47. The molecule has 5 nitrogen and oxygen atoms in total. The zero-order valence-corrected chi connectivity index (χ0v) is 13.3. The molecule has 1 heterocycles. The van der Waals surface area contributed by atoms with E-state index in [4.69, 9.17) is 0 Å². The summed E-state index contributed by atoms with van der Waals surface area (Å²) in [6.45, 7) is 7.22. The molecule has 1 aromatic heterocycles. The van der Waals surface area contributed by atoms with Crippen molar-refractivity contribution in [3.63, 3.8) is 0 Å². The second-order valence-electron chi connectivity index (χ2n) is 5.41. The van der Waals surface area contributed by atoms with Gasteiger partial charge in [0.15, 0.2) is 5.69 Å². The largest absolute Gasteiger partial charge is 0.366 e. The molecule has 116 valence electrons. The van der Waals surface area contributed by atoms with Gasteiger partial charge < -0.3 is 10.2 Å². The Balaban J connectivity index is 2.08. The number of benzene rings is 1. The highest BCUT2D eigenvalue weighted by Crippen LogP contribution is 2.10. The summed E-state index contributed by atoms with van der Waals surface area (Å²) in [5, 5.41) is 11.2. The number of nitrogens with zero attached hydrogens (tertiary/aromatic N) is 3. The van der Waals surface area contributed by atoms with Gasteiger partial charge in [-0.25, -0.2) is 0 Å². The van der Waals surface area contributed by atoms with Crippen LogP contribution >= 0.6 is 0 Å². The van der Waals surface area contributed by atoms with Gasteiger partial charge in [0.05, 0.1) is 0 Å². The van der Waals surface area contributed by atoms with Gasteiger partial charge in [0, 0.05) is 19.1 Å². The molecule has 0 bridgehead atoms. The zero-order chi connectivity index (χ0) is 15.9. The quantitative estimate of drug-likeness (QED) is 0.890. The van der Waals surface area contributed by atoms with Crippen molar-refractivity contribution in [3.8, 4) is 0 Å². The average Bonchev–Trinajstić information content (AvgIpc) is 2.53. The topological polar surface area (TPSA) is 58.1 Å². The molecule has 0 fully saturated rings. The Labute approximate surface area is 131 Å². The van der Waals surface area contributed by atoms with Crippen molar-refractivity contribution in [3.05, 3.63) is 53.7 Å². The highest BCUT2D eigenvalue weighted by Gasteiger charge is 2.16. The van der Waals surface area contributed by atoms with E-state index in [-0.39, 0.29) is 11.9 Å². The zero-order valence-electron chi connectivity index (χ0n) is 13.3. The van der Waals surface area contributed by atoms with Crippen molar-refractivity contribution >= 4 is 11.7 Å². The third-order valence-corrected chi connectivity index (χ3v) is 3.21. The van der Waals surface area contributed by atoms with Crippen LogP contribution in [0.2, 0.25) is 0 Å². The second kappa shape index (κ2) is 7.54. The van der Waals surface area contributed by atoms with Crippen LogP contribution in [0.4, 0.5) is 5.82 Å². The minimum atomic E-state index is -0.102. The Hall–Kier alpha value is -2.43. The lowest BCUT2D eigenvalue weighted by Gasteiger charge is -2.20. The molecule has 5 heteroatoms. The lowest BCUT2D eigenvalue weighted by molar-refractivity contribution is 0.0745. The van der Waals surface area contributed by atoms with Gasteiger partial charge in [-0.05, 0) is 38.5 Å². The summed E-state index contributed by atoms with van der Waals surface area (Å²) in [6, 6.07) is 13.7. The van der Waals surface area contributed by atoms with Crippen LogP contribution in [0.1, 0.15) is 36.8 Å². The number of rotatable bonds is 6. The van der Waals surface area contributed by atoms with E-state index in [1.165, 1.54) is 0 Å². The molecule has 0 aliphatic carbocycles. The summed E-state index contributed by atoms with van der Waals surface area (Å²) in [6.07, 6.45) is 0. The number of anilines is 1. The maximum absolute atomic E-state index is 12.5. The lowest BCUT2D eigenvalue weighted by Crippen LogP contribution is -2.31. The van der Waals surface area contributed by atoms with Crippen LogP contribution in [-0.2, 0) is 6.54 Å². The van der Waals surface area contributed by atoms with Crippen molar-refractivity contribution in [1.29, 1.82) is 0 Å². The van der Waals surface area contributed by atoms with Gasteiger partial charge in [0.25, 0.3) is 5.91 Å². The van der Waals surface area contributed by atoms with Gasteiger partial charge in [-0.1, -0.05) is 30.3 Å². The fraction of sp³-hybridized carbons (Fsp3) is 0.353. The number of carbonyl (C=O) groups excluding carboxylic acids is 1. The first-order valence-electron chi connectivity index (χ1n) is 7.53. The molecule has 0 unspecified atom stereocenters. The van der Waals surface area contributed by atoms with E-state index >= 15 is 0 Å². The van der Waals surface area contributed by atoms with Crippen molar-refractivity contribution in [2.75, 3.05) is 11.9 Å². The van der Waals surface area contributed by atoms with Crippen LogP contribution in [0.5, 0.6) is 0 Å². The predicted molar refractivity (Wildman–Crippen MR) is 87.6 cm³/mol. The van der Waals surface area contributed by atoms with Gasteiger partial charge in [-0.2, -0.15) is 0 Å². The molecule has 0 spiro atoms. The fourth-order valence-corrected chi connectivity index (χ4v) is 2.11. The van der Waals surface area contributed by atoms with Gasteiger partial charge in [0.1, 0.15) is 5.82 Å². The monoisotopic (exact) mass is 298 g/mol. The summed E-state index contributed by atoms with van der Waals surface area (Å²) < 4.78 is 0. The van der Waals surface area contributed by atoms with Crippen LogP contribution < -0.4 is 5.32 Å². The standard InChI is InChI=1S/C17H22N4O/c1-4-21(12-14-8-6-5-7-9-14)17(22)15-10-11-16(20-19-15)18-13(2)3/h5-11,13H,4,12H2,1-3H3,(H,18,20). The van der Waals surface area contributed by atoms with Crippen LogP contribution in [-0.4, -0.2) is 33.6 Å². The summed E-state index contributed by atoms with van der Waals surface area (Å²) >= 11 is 0. The van der Waals surface area contributed by atoms with E-state index in [1.807, 2.05) is 51.1 Å². The Morgan fingerprint density at radius 1 is 1.14 bits per heavy atom. The van der Waals surface area contributed by atoms with Crippen molar-refractivity contribution < 1.29 is 4.79 Å². The first kappa shape index (κ1) is 15.9. The highest BCUT2D eigenvalue weighted by atomic mass is 16.2. The van der Waals surface area contributed by atoms with E-state index in [0.717, 1.165) is 5.56 Å². The number of nitrogens with one attached hydrogen (secondary N) is 1. The van der Waals surface area contributed by atoms with Crippen LogP contribution in [0.3, 0.4) is 0 Å². The number of carbonyl (C=O) groups is 1. The molecule has 0 saturated heterocycles. The first-order chi connectivity index (χ1) is 10.6. The van der Waals surface area contributed by atoms with E-state index in [2.05, 4.69) is 15.5 Å². The van der Waals surface area contributed by atoms with E-state index < -0.39 is 0 Å². The molecule has 2 aromatic rings.